The van der Waals surface area contributed by atoms with Crippen molar-refractivity contribution in [3.8, 4) is 0 Å². The van der Waals surface area contributed by atoms with E-state index in [0.717, 1.165) is 25.3 Å². The van der Waals surface area contributed by atoms with E-state index in [2.05, 4.69) is 27.7 Å². The normalized spacial score (nSPS) is 19.5. The quantitative estimate of drug-likeness (QED) is 0.779. The highest BCUT2D eigenvalue weighted by Gasteiger charge is 2.29. The summed E-state index contributed by atoms with van der Waals surface area (Å²) in [6.45, 7) is 5.22. The third kappa shape index (κ3) is 4.33. The number of hydrogen-bond acceptors (Lipinski definition) is 4. The molecule has 1 fully saturated rings. The summed E-state index contributed by atoms with van der Waals surface area (Å²) < 4.78 is 5.45. The van der Waals surface area contributed by atoms with Gasteiger partial charge in [-0.05, 0) is 44.5 Å². The van der Waals surface area contributed by atoms with Crippen molar-refractivity contribution in [3.05, 3.63) is 54.0 Å². The first-order chi connectivity index (χ1) is 11.9. The summed E-state index contributed by atoms with van der Waals surface area (Å²) in [5.74, 6) is 1.17. The number of carbonyl (C=O) groups is 1. The number of furan rings is 1. The van der Waals surface area contributed by atoms with Gasteiger partial charge < -0.3 is 25.1 Å². The van der Waals surface area contributed by atoms with Crippen LogP contribution in [0.4, 0.5) is 10.5 Å². The van der Waals surface area contributed by atoms with Crippen LogP contribution in [-0.2, 0) is 5.60 Å². The molecule has 2 heterocycles. The van der Waals surface area contributed by atoms with Gasteiger partial charge in [-0.15, -0.1) is 0 Å². The van der Waals surface area contributed by atoms with Crippen molar-refractivity contribution in [2.75, 3.05) is 24.5 Å². The molecule has 2 amide bonds. The van der Waals surface area contributed by atoms with Crippen molar-refractivity contribution in [2.24, 2.45) is 0 Å². The SMILES string of the molecule is Cc1ccc([C@](C)(O)CNC(=O)N[C@H]2CCN(c3ccccc3)C2)o1. The Kier molecular flexibility index (Phi) is 4.99. The average molecular weight is 343 g/mol. The lowest BCUT2D eigenvalue weighted by Crippen LogP contribution is -2.47. The number of anilines is 1. The zero-order chi connectivity index (χ0) is 17.9. The number of hydrogen-bond donors (Lipinski definition) is 3. The molecule has 1 aliphatic rings. The van der Waals surface area contributed by atoms with E-state index in [4.69, 9.17) is 4.42 Å². The summed E-state index contributed by atoms with van der Waals surface area (Å²) in [6, 6.07) is 13.5. The molecule has 3 rings (SSSR count). The van der Waals surface area contributed by atoms with Crippen LogP contribution in [0.5, 0.6) is 0 Å². The Balaban J connectivity index is 1.47. The molecule has 6 heteroatoms. The Morgan fingerprint density at radius 1 is 1.32 bits per heavy atom. The highest BCUT2D eigenvalue weighted by atomic mass is 16.4. The number of nitrogens with zero attached hydrogens (tertiary/aromatic N) is 1. The van der Waals surface area contributed by atoms with Crippen molar-refractivity contribution in [1.29, 1.82) is 0 Å². The van der Waals surface area contributed by atoms with E-state index in [-0.39, 0.29) is 18.6 Å². The molecule has 0 unspecified atom stereocenters. The third-order valence-electron chi connectivity index (χ3n) is 4.51. The van der Waals surface area contributed by atoms with Gasteiger partial charge in [0.05, 0.1) is 6.54 Å². The van der Waals surface area contributed by atoms with Crippen LogP contribution in [0.1, 0.15) is 24.9 Å². The molecule has 134 valence electrons. The number of para-hydroxylation sites is 1. The van der Waals surface area contributed by atoms with E-state index < -0.39 is 5.60 Å². The summed E-state index contributed by atoms with van der Waals surface area (Å²) in [7, 11) is 0. The first kappa shape index (κ1) is 17.4. The molecule has 1 aliphatic heterocycles. The highest BCUT2D eigenvalue weighted by Crippen LogP contribution is 2.22. The van der Waals surface area contributed by atoms with Crippen LogP contribution in [0.3, 0.4) is 0 Å². The van der Waals surface area contributed by atoms with Crippen LogP contribution >= 0.6 is 0 Å². The lowest BCUT2D eigenvalue weighted by Gasteiger charge is -2.22. The van der Waals surface area contributed by atoms with Crippen LogP contribution < -0.4 is 15.5 Å². The molecule has 0 spiro atoms. The molecule has 0 aliphatic carbocycles. The van der Waals surface area contributed by atoms with E-state index in [9.17, 15) is 9.90 Å². The lowest BCUT2D eigenvalue weighted by molar-refractivity contribution is 0.0359. The summed E-state index contributed by atoms with van der Waals surface area (Å²) in [5, 5.41) is 16.2. The first-order valence-corrected chi connectivity index (χ1v) is 8.58. The number of aliphatic hydroxyl groups is 1. The van der Waals surface area contributed by atoms with Gasteiger partial charge in [0, 0.05) is 24.8 Å². The molecule has 25 heavy (non-hydrogen) atoms. The zero-order valence-corrected chi connectivity index (χ0v) is 14.7. The minimum Gasteiger partial charge on any atom is -0.463 e. The van der Waals surface area contributed by atoms with Crippen LogP contribution in [0.15, 0.2) is 46.9 Å². The van der Waals surface area contributed by atoms with Crippen molar-refractivity contribution < 1.29 is 14.3 Å². The van der Waals surface area contributed by atoms with Crippen LogP contribution in [-0.4, -0.2) is 36.8 Å². The summed E-state index contributed by atoms with van der Waals surface area (Å²) >= 11 is 0. The van der Waals surface area contributed by atoms with Gasteiger partial charge in [0.1, 0.15) is 17.1 Å². The summed E-state index contributed by atoms with van der Waals surface area (Å²) in [5.41, 5.74) is -0.0690. The first-order valence-electron chi connectivity index (χ1n) is 8.58. The fourth-order valence-corrected chi connectivity index (χ4v) is 3.05. The van der Waals surface area contributed by atoms with Crippen molar-refractivity contribution in [3.63, 3.8) is 0 Å². The van der Waals surface area contributed by atoms with Crippen LogP contribution in [0.2, 0.25) is 0 Å². The Bertz CT molecular complexity index is 712. The lowest BCUT2D eigenvalue weighted by atomic mass is 10.0. The van der Waals surface area contributed by atoms with Gasteiger partial charge in [-0.1, -0.05) is 18.2 Å². The average Bonchev–Trinajstić information content (AvgIpc) is 3.23. The van der Waals surface area contributed by atoms with Gasteiger partial charge in [-0.25, -0.2) is 4.79 Å². The number of benzene rings is 1. The van der Waals surface area contributed by atoms with E-state index in [1.54, 1.807) is 19.1 Å². The number of urea groups is 1. The monoisotopic (exact) mass is 343 g/mol. The minimum absolute atomic E-state index is 0.0842. The van der Waals surface area contributed by atoms with Gasteiger partial charge in [0.15, 0.2) is 0 Å². The third-order valence-corrected chi connectivity index (χ3v) is 4.51. The summed E-state index contributed by atoms with van der Waals surface area (Å²) in [6.07, 6.45) is 0.899. The molecule has 6 nitrogen and oxygen atoms in total. The zero-order valence-electron chi connectivity index (χ0n) is 14.7. The van der Waals surface area contributed by atoms with Crippen molar-refractivity contribution in [1.82, 2.24) is 10.6 Å². The van der Waals surface area contributed by atoms with Gasteiger partial charge in [-0.2, -0.15) is 0 Å². The predicted molar refractivity (Wildman–Crippen MR) is 96.6 cm³/mol. The number of carbonyl (C=O) groups excluding carboxylic acids is 1. The molecule has 1 aromatic heterocycles. The molecule has 1 saturated heterocycles. The molecule has 3 N–H and O–H groups in total. The van der Waals surface area contributed by atoms with Gasteiger partial charge in [0.25, 0.3) is 0 Å². The predicted octanol–water partition coefficient (Wildman–Crippen LogP) is 2.37. The molecule has 2 atom stereocenters. The van der Waals surface area contributed by atoms with E-state index >= 15 is 0 Å². The number of rotatable bonds is 5. The molecule has 0 saturated carbocycles. The topological polar surface area (TPSA) is 77.7 Å². The molecule has 0 radical (unpaired) electrons. The highest BCUT2D eigenvalue weighted by molar-refractivity contribution is 5.74. The summed E-state index contributed by atoms with van der Waals surface area (Å²) in [4.78, 5) is 14.4. The van der Waals surface area contributed by atoms with Crippen molar-refractivity contribution >= 4 is 11.7 Å². The second-order valence-corrected chi connectivity index (χ2v) is 6.78. The second kappa shape index (κ2) is 7.19. The Morgan fingerprint density at radius 2 is 2.08 bits per heavy atom. The Labute approximate surface area is 147 Å². The molecular weight excluding hydrogens is 318 g/mol. The number of amides is 2. The molecular formula is C19H25N3O3. The molecule has 2 aromatic rings. The van der Waals surface area contributed by atoms with E-state index in [1.807, 2.05) is 25.1 Å². The Morgan fingerprint density at radius 3 is 2.76 bits per heavy atom. The van der Waals surface area contributed by atoms with Crippen molar-refractivity contribution in [2.45, 2.75) is 31.9 Å². The maximum Gasteiger partial charge on any atom is 0.315 e. The fraction of sp³-hybridized carbons (Fsp3) is 0.421. The smallest absolute Gasteiger partial charge is 0.315 e. The second-order valence-electron chi connectivity index (χ2n) is 6.78. The van der Waals surface area contributed by atoms with Gasteiger partial charge in [0.2, 0.25) is 0 Å². The number of nitrogens with one attached hydrogen (secondary N) is 2. The van der Waals surface area contributed by atoms with Crippen LogP contribution in [0, 0.1) is 6.92 Å². The van der Waals surface area contributed by atoms with E-state index in [1.165, 1.54) is 5.69 Å². The minimum atomic E-state index is -1.24. The van der Waals surface area contributed by atoms with Gasteiger partial charge >= 0.3 is 6.03 Å². The molecule has 1 aromatic carbocycles. The largest absolute Gasteiger partial charge is 0.463 e. The maximum atomic E-state index is 12.1. The standard InChI is InChI=1S/C19H25N3O3/c1-14-8-9-17(25-14)19(2,24)13-20-18(23)21-15-10-11-22(12-15)16-6-4-3-5-7-16/h3-9,15,24H,10-13H2,1-2H3,(H2,20,21,23)/t15-,19+/m0/s1. The Hall–Kier alpha value is -2.47. The fourth-order valence-electron chi connectivity index (χ4n) is 3.05. The van der Waals surface area contributed by atoms with E-state index in [0.29, 0.717) is 5.76 Å². The molecule has 0 bridgehead atoms. The maximum absolute atomic E-state index is 12.1. The van der Waals surface area contributed by atoms with Gasteiger partial charge in [-0.3, -0.25) is 0 Å². The number of aryl methyl sites for hydroxylation is 1. The van der Waals surface area contributed by atoms with Crippen LogP contribution in [0.25, 0.3) is 0 Å².